The minimum Gasteiger partial charge on any atom is -0.480 e. The Morgan fingerprint density at radius 3 is 1.72 bits per heavy atom. The van der Waals surface area contributed by atoms with Crippen LogP contribution in [0.1, 0.15) is 149 Å². The van der Waals surface area contributed by atoms with E-state index in [2.05, 4.69) is 42.7 Å². The Bertz CT molecular complexity index is 911. The van der Waals surface area contributed by atoms with Gasteiger partial charge in [0.25, 0.3) is 0 Å². The fraction of sp³-hybridized carbons (Fsp3) is 0.800. The summed E-state index contributed by atoms with van der Waals surface area (Å²) in [7, 11) is -4.70. The molecule has 0 bridgehead atoms. The van der Waals surface area contributed by atoms with Crippen LogP contribution in [0.4, 0.5) is 0 Å². The summed E-state index contributed by atoms with van der Waals surface area (Å²) in [5, 5.41) is 8.83. The molecule has 0 aliphatic carbocycles. The number of allylic oxidation sites excluding steroid dienone is 4. The van der Waals surface area contributed by atoms with E-state index in [4.69, 9.17) is 24.8 Å². The van der Waals surface area contributed by atoms with Crippen molar-refractivity contribution in [3.05, 3.63) is 24.3 Å². The molecule has 0 spiro atoms. The third-order valence-electron chi connectivity index (χ3n) is 7.45. The van der Waals surface area contributed by atoms with Gasteiger partial charge in [-0.2, -0.15) is 0 Å². The highest BCUT2D eigenvalue weighted by atomic mass is 31.2. The molecule has 0 amide bonds. The number of carbonyl (C=O) groups excluding carboxylic acids is 2. The number of unbranched alkanes of at least 4 members (excludes halogenated alkanes) is 15. The zero-order valence-corrected chi connectivity index (χ0v) is 30.0. The van der Waals surface area contributed by atoms with Crippen molar-refractivity contribution in [1.82, 2.24) is 0 Å². The first kappa shape index (κ1) is 45.0. The van der Waals surface area contributed by atoms with Crippen molar-refractivity contribution in [3.8, 4) is 0 Å². The Morgan fingerprint density at radius 2 is 1.15 bits per heavy atom. The average molecular weight is 690 g/mol. The van der Waals surface area contributed by atoms with Gasteiger partial charge in [-0.15, -0.1) is 0 Å². The van der Waals surface area contributed by atoms with E-state index in [0.29, 0.717) is 12.8 Å². The number of hydrogen-bond acceptors (Lipinski definition) is 9. The van der Waals surface area contributed by atoms with Crippen molar-refractivity contribution >= 4 is 25.7 Å². The first-order valence-electron chi connectivity index (χ1n) is 17.9. The second-order valence-electron chi connectivity index (χ2n) is 12.0. The summed E-state index contributed by atoms with van der Waals surface area (Å²) >= 11 is 0. The summed E-state index contributed by atoms with van der Waals surface area (Å²) in [5.41, 5.74) is 5.30. The van der Waals surface area contributed by atoms with Gasteiger partial charge in [0.2, 0.25) is 0 Å². The van der Waals surface area contributed by atoms with E-state index < -0.39 is 51.1 Å². The molecule has 1 unspecified atom stereocenters. The number of ether oxygens (including phenoxy) is 2. The Morgan fingerprint density at radius 1 is 0.660 bits per heavy atom. The number of nitrogens with two attached hydrogens (primary N) is 1. The van der Waals surface area contributed by atoms with Gasteiger partial charge in [-0.3, -0.25) is 23.4 Å². The monoisotopic (exact) mass is 689 g/mol. The molecule has 3 atom stereocenters. The molecule has 0 radical (unpaired) electrons. The van der Waals surface area contributed by atoms with E-state index >= 15 is 0 Å². The van der Waals surface area contributed by atoms with E-state index in [9.17, 15) is 23.8 Å². The van der Waals surface area contributed by atoms with Crippen LogP contribution >= 0.6 is 7.82 Å². The molecule has 0 heterocycles. The van der Waals surface area contributed by atoms with E-state index in [0.717, 1.165) is 64.2 Å². The summed E-state index contributed by atoms with van der Waals surface area (Å²) in [6.07, 6.45) is 28.3. The van der Waals surface area contributed by atoms with Gasteiger partial charge in [-0.1, -0.05) is 122 Å². The smallest absolute Gasteiger partial charge is 0.472 e. The molecule has 0 aromatic carbocycles. The number of phosphoric acid groups is 1. The second kappa shape index (κ2) is 31.2. The third-order valence-corrected chi connectivity index (χ3v) is 8.40. The predicted molar refractivity (Wildman–Crippen MR) is 185 cm³/mol. The van der Waals surface area contributed by atoms with Crippen molar-refractivity contribution in [2.24, 2.45) is 5.73 Å². The Balaban J connectivity index is 4.50. The molecule has 12 heteroatoms. The molecule has 274 valence electrons. The molecular formula is C35H64NO10P. The van der Waals surface area contributed by atoms with Gasteiger partial charge >= 0.3 is 25.7 Å². The lowest BCUT2D eigenvalue weighted by molar-refractivity contribution is -0.161. The van der Waals surface area contributed by atoms with Gasteiger partial charge < -0.3 is 25.2 Å². The van der Waals surface area contributed by atoms with Gasteiger partial charge in [0, 0.05) is 12.8 Å². The number of carbonyl (C=O) groups is 3. The van der Waals surface area contributed by atoms with E-state index in [1.807, 2.05) is 0 Å². The first-order chi connectivity index (χ1) is 22.6. The van der Waals surface area contributed by atoms with Crippen molar-refractivity contribution in [1.29, 1.82) is 0 Å². The normalized spacial score (nSPS) is 14.3. The number of rotatable bonds is 33. The average Bonchev–Trinajstić information content (AvgIpc) is 3.04. The maximum absolute atomic E-state index is 12.5. The van der Waals surface area contributed by atoms with Crippen LogP contribution in [0.25, 0.3) is 0 Å². The Labute approximate surface area is 283 Å². The molecule has 11 nitrogen and oxygen atoms in total. The van der Waals surface area contributed by atoms with Crippen molar-refractivity contribution in [2.75, 3.05) is 19.8 Å². The summed E-state index contributed by atoms with van der Waals surface area (Å²) in [6.45, 7) is 2.69. The fourth-order valence-corrected chi connectivity index (χ4v) is 5.33. The van der Waals surface area contributed by atoms with Gasteiger partial charge in [0.1, 0.15) is 12.6 Å². The van der Waals surface area contributed by atoms with Crippen LogP contribution < -0.4 is 5.73 Å². The second-order valence-corrected chi connectivity index (χ2v) is 13.5. The molecule has 0 aliphatic heterocycles. The molecule has 0 fully saturated rings. The summed E-state index contributed by atoms with van der Waals surface area (Å²) in [5.74, 6) is -2.40. The molecule has 0 saturated carbocycles. The van der Waals surface area contributed by atoms with Gasteiger partial charge in [-0.05, 0) is 38.5 Å². The largest absolute Gasteiger partial charge is 0.480 e. The van der Waals surface area contributed by atoms with Gasteiger partial charge in [0.05, 0.1) is 13.2 Å². The number of phosphoric ester groups is 1. The van der Waals surface area contributed by atoms with Crippen LogP contribution in [-0.4, -0.2) is 59.9 Å². The van der Waals surface area contributed by atoms with Crippen LogP contribution in [0.2, 0.25) is 0 Å². The lowest BCUT2D eigenvalue weighted by atomic mass is 10.1. The van der Waals surface area contributed by atoms with Crippen LogP contribution in [0.15, 0.2) is 24.3 Å². The zero-order chi connectivity index (χ0) is 35.0. The highest BCUT2D eigenvalue weighted by Gasteiger charge is 2.28. The lowest BCUT2D eigenvalue weighted by Gasteiger charge is -2.20. The highest BCUT2D eigenvalue weighted by Crippen LogP contribution is 2.43. The van der Waals surface area contributed by atoms with E-state index in [1.54, 1.807) is 0 Å². The van der Waals surface area contributed by atoms with Gasteiger partial charge in [0.15, 0.2) is 6.10 Å². The molecule has 0 aliphatic rings. The minimum atomic E-state index is -4.70. The quantitative estimate of drug-likeness (QED) is 0.0262. The first-order valence-corrected chi connectivity index (χ1v) is 19.4. The summed E-state index contributed by atoms with van der Waals surface area (Å²) in [6, 6.07) is -1.52. The lowest BCUT2D eigenvalue weighted by Crippen LogP contribution is -2.34. The topological polar surface area (TPSA) is 172 Å². The molecule has 47 heavy (non-hydrogen) atoms. The Kier molecular flexibility index (Phi) is 29.9. The number of hydrogen-bond donors (Lipinski definition) is 3. The van der Waals surface area contributed by atoms with Crippen molar-refractivity contribution in [2.45, 2.75) is 161 Å². The SMILES string of the molecule is CCCC/C=C/C/C=C/CCCCCCCC(=O)O[C@H](COC(=O)CCCCCCCCCCC)COP(=O)(O)OC[C@H](N)C(=O)O. The summed E-state index contributed by atoms with van der Waals surface area (Å²) < 4.78 is 32.4. The third kappa shape index (κ3) is 31.0. The standard InChI is InChI=1S/C35H64NO10P/c1-3-5-7-9-11-13-14-15-16-17-19-21-23-25-27-34(38)46-31(29-44-47(41,42)45-30-32(36)35(39)40)28-43-33(37)26-24-22-20-18-12-10-8-6-4-2/h9,11,14-15,31-32H,3-8,10,12-13,16-30,36H2,1-2H3,(H,39,40)(H,41,42)/b11-9+,15-14+/t31-,32+/m1/s1. The molecule has 4 N–H and O–H groups in total. The zero-order valence-electron chi connectivity index (χ0n) is 29.1. The maximum Gasteiger partial charge on any atom is 0.472 e. The number of carboxylic acid groups (broad SMARTS) is 1. The van der Waals surface area contributed by atoms with E-state index in [1.165, 1.54) is 44.9 Å². The molecular weight excluding hydrogens is 625 g/mol. The fourth-order valence-electron chi connectivity index (χ4n) is 4.55. The molecule has 0 aromatic heterocycles. The molecule has 0 aromatic rings. The molecule has 0 rings (SSSR count). The minimum absolute atomic E-state index is 0.147. The van der Waals surface area contributed by atoms with Crippen LogP contribution in [0, 0.1) is 0 Å². The Hall–Kier alpha value is -2.04. The van der Waals surface area contributed by atoms with Crippen LogP contribution in [0.3, 0.4) is 0 Å². The predicted octanol–water partition coefficient (Wildman–Crippen LogP) is 8.33. The van der Waals surface area contributed by atoms with E-state index in [-0.39, 0.29) is 19.4 Å². The highest BCUT2D eigenvalue weighted by molar-refractivity contribution is 7.47. The molecule has 0 saturated heterocycles. The van der Waals surface area contributed by atoms with Crippen molar-refractivity contribution in [3.63, 3.8) is 0 Å². The van der Waals surface area contributed by atoms with Crippen molar-refractivity contribution < 1.29 is 47.5 Å². The number of aliphatic carboxylic acids is 1. The summed E-state index contributed by atoms with van der Waals surface area (Å²) in [4.78, 5) is 45.5. The van der Waals surface area contributed by atoms with Crippen LogP contribution in [-0.2, 0) is 37.5 Å². The number of carboxylic acids is 1. The van der Waals surface area contributed by atoms with Crippen LogP contribution in [0.5, 0.6) is 0 Å². The number of esters is 2. The maximum atomic E-state index is 12.5. The van der Waals surface area contributed by atoms with Gasteiger partial charge in [-0.25, -0.2) is 4.57 Å².